The van der Waals surface area contributed by atoms with Crippen LogP contribution < -0.4 is 10.6 Å². The topological polar surface area (TPSA) is 98.7 Å². The van der Waals surface area contributed by atoms with Gasteiger partial charge in [-0.15, -0.1) is 11.8 Å². The van der Waals surface area contributed by atoms with E-state index in [0.717, 1.165) is 12.0 Å². The normalized spacial score (nSPS) is 31.1. The number of likely N-dealkylation sites (tertiary alicyclic amines) is 1. The molecule has 8 atom stereocenters. The molecule has 2 bridgehead atoms. The molecular weight excluding hydrogens is 566 g/mol. The Balaban J connectivity index is 1.51. The van der Waals surface area contributed by atoms with Crippen LogP contribution in [0.1, 0.15) is 32.3 Å². The van der Waals surface area contributed by atoms with Crippen molar-refractivity contribution in [2.75, 3.05) is 11.9 Å². The molecule has 3 unspecified atom stereocenters. The number of para-hydroxylation sites is 1. The molecule has 38 heavy (non-hydrogen) atoms. The van der Waals surface area contributed by atoms with Crippen LogP contribution >= 0.6 is 27.7 Å². The van der Waals surface area contributed by atoms with E-state index < -0.39 is 28.7 Å². The van der Waals surface area contributed by atoms with Crippen molar-refractivity contribution < 1.29 is 19.5 Å². The minimum absolute atomic E-state index is 0.0105. The van der Waals surface area contributed by atoms with Crippen LogP contribution in [0.5, 0.6) is 0 Å². The number of amides is 3. The number of halogens is 1. The Kier molecular flexibility index (Phi) is 7.89. The third-order valence-electron chi connectivity index (χ3n) is 8.47. The maximum Gasteiger partial charge on any atom is 0.244 e. The minimum Gasteiger partial charge on any atom is -0.394 e. The van der Waals surface area contributed by atoms with Crippen LogP contribution in [0.25, 0.3) is 0 Å². The number of hydrogen-bond donors (Lipinski definition) is 3. The Morgan fingerprint density at radius 2 is 1.79 bits per heavy atom. The van der Waals surface area contributed by atoms with Crippen LogP contribution in [0.3, 0.4) is 0 Å². The Morgan fingerprint density at radius 3 is 2.42 bits per heavy atom. The zero-order valence-corrected chi connectivity index (χ0v) is 24.0. The molecule has 3 amide bonds. The number of rotatable bonds is 9. The lowest BCUT2D eigenvalue weighted by molar-refractivity contribution is -0.143. The van der Waals surface area contributed by atoms with Crippen molar-refractivity contribution in [1.29, 1.82) is 0 Å². The minimum atomic E-state index is -0.778. The molecule has 2 aromatic carbocycles. The van der Waals surface area contributed by atoms with Crippen molar-refractivity contribution in [2.45, 2.75) is 60.1 Å². The summed E-state index contributed by atoms with van der Waals surface area (Å²) in [6.45, 7) is 4.12. The fourth-order valence-corrected chi connectivity index (χ4v) is 10.1. The summed E-state index contributed by atoms with van der Waals surface area (Å²) in [5, 5.41) is 16.4. The van der Waals surface area contributed by atoms with Gasteiger partial charge in [-0.05, 0) is 30.0 Å². The maximum atomic E-state index is 14.3. The number of fused-ring (bicyclic) bond motifs is 1. The summed E-state index contributed by atoms with van der Waals surface area (Å²) >= 11 is 5.40. The second-order valence-corrected chi connectivity index (χ2v) is 13.3. The first kappa shape index (κ1) is 27.2. The summed E-state index contributed by atoms with van der Waals surface area (Å²) in [6, 6.07) is 17.6. The van der Waals surface area contributed by atoms with E-state index in [4.69, 9.17) is 0 Å². The molecule has 5 rings (SSSR count). The van der Waals surface area contributed by atoms with Crippen molar-refractivity contribution >= 4 is 51.1 Å². The monoisotopic (exact) mass is 599 g/mol. The van der Waals surface area contributed by atoms with Gasteiger partial charge in [-0.1, -0.05) is 84.7 Å². The van der Waals surface area contributed by atoms with E-state index in [2.05, 4.69) is 26.6 Å². The molecule has 0 saturated carbocycles. The van der Waals surface area contributed by atoms with Crippen LogP contribution in [0.4, 0.5) is 5.69 Å². The predicted octanol–water partition coefficient (Wildman–Crippen LogP) is 3.81. The number of hydrogen-bond acceptors (Lipinski definition) is 5. The molecule has 2 aromatic rings. The largest absolute Gasteiger partial charge is 0.394 e. The predicted molar refractivity (Wildman–Crippen MR) is 153 cm³/mol. The summed E-state index contributed by atoms with van der Waals surface area (Å²) in [6.07, 6.45) is 1.35. The molecule has 3 saturated heterocycles. The Hall–Kier alpha value is -2.36. The number of anilines is 1. The van der Waals surface area contributed by atoms with Gasteiger partial charge in [0, 0.05) is 22.3 Å². The highest BCUT2D eigenvalue weighted by Gasteiger charge is 2.76. The lowest BCUT2D eigenvalue weighted by Gasteiger charge is -2.39. The van der Waals surface area contributed by atoms with Gasteiger partial charge in [0.15, 0.2) is 0 Å². The molecule has 0 aliphatic carbocycles. The fraction of sp³-hybridized carbons (Fsp3) is 0.483. The molecular formula is C29H34BrN3O4S. The van der Waals surface area contributed by atoms with Crippen LogP contribution in [0, 0.1) is 17.8 Å². The summed E-state index contributed by atoms with van der Waals surface area (Å²) in [7, 11) is 0. The number of aliphatic hydroxyl groups is 1. The molecule has 202 valence electrons. The molecule has 0 radical (unpaired) electrons. The smallest absolute Gasteiger partial charge is 0.244 e. The third kappa shape index (κ3) is 4.56. The molecule has 3 heterocycles. The van der Waals surface area contributed by atoms with Crippen LogP contribution in [-0.2, 0) is 20.9 Å². The average Bonchev–Trinajstić information content (AvgIpc) is 3.52. The first-order valence-electron chi connectivity index (χ1n) is 13.2. The standard InChI is InChI=1S/C29H34BrN3O4S/c1-3-17(2)21(16-34)33-25(27(36)31-15-18-10-6-4-7-11-18)29-14-20(30)24(38-29)22(23(29)28(33)37)26(35)32-19-12-8-5-9-13-19/h4-13,17,20-25,34H,3,14-16H2,1-2H3,(H,31,36)(H,32,35)/t17-,20?,21-,22-,23-,24-,25?,29?/m0/s1. The zero-order chi connectivity index (χ0) is 27.0. The molecule has 3 fully saturated rings. The van der Waals surface area contributed by atoms with E-state index in [9.17, 15) is 19.5 Å². The average molecular weight is 601 g/mol. The number of nitrogens with zero attached hydrogens (tertiary/aromatic N) is 1. The molecule has 7 nitrogen and oxygen atoms in total. The van der Waals surface area contributed by atoms with Gasteiger partial charge >= 0.3 is 0 Å². The van der Waals surface area contributed by atoms with Gasteiger partial charge < -0.3 is 20.6 Å². The van der Waals surface area contributed by atoms with Gasteiger partial charge in [0.1, 0.15) is 6.04 Å². The Labute approximate surface area is 236 Å². The van der Waals surface area contributed by atoms with Crippen molar-refractivity contribution in [3.8, 4) is 0 Å². The Morgan fingerprint density at radius 1 is 1.13 bits per heavy atom. The molecule has 1 spiro atoms. The molecule has 0 aromatic heterocycles. The van der Waals surface area contributed by atoms with Gasteiger partial charge in [0.25, 0.3) is 0 Å². The molecule has 9 heteroatoms. The van der Waals surface area contributed by atoms with E-state index in [1.54, 1.807) is 16.7 Å². The van der Waals surface area contributed by atoms with Crippen molar-refractivity contribution in [3.63, 3.8) is 0 Å². The number of carbonyl (C=O) groups excluding carboxylic acids is 3. The Bertz CT molecular complexity index is 1180. The second kappa shape index (κ2) is 11.0. The third-order valence-corrected chi connectivity index (χ3v) is 11.7. The highest BCUT2D eigenvalue weighted by molar-refractivity contribution is 9.09. The van der Waals surface area contributed by atoms with E-state index in [1.165, 1.54) is 0 Å². The van der Waals surface area contributed by atoms with Gasteiger partial charge in [-0.2, -0.15) is 0 Å². The van der Waals surface area contributed by atoms with E-state index in [1.807, 2.05) is 74.5 Å². The first-order valence-corrected chi connectivity index (χ1v) is 15.0. The van der Waals surface area contributed by atoms with E-state index in [-0.39, 0.29) is 40.3 Å². The number of carbonyl (C=O) groups is 3. The van der Waals surface area contributed by atoms with Crippen molar-refractivity contribution in [1.82, 2.24) is 10.2 Å². The summed E-state index contributed by atoms with van der Waals surface area (Å²) in [5.41, 5.74) is 1.64. The highest BCUT2D eigenvalue weighted by Crippen LogP contribution is 2.68. The van der Waals surface area contributed by atoms with Crippen LogP contribution in [0.15, 0.2) is 60.7 Å². The van der Waals surface area contributed by atoms with Crippen molar-refractivity contribution in [3.05, 3.63) is 66.2 Å². The molecule has 3 aliphatic rings. The number of thioether (sulfide) groups is 1. The second-order valence-electron chi connectivity index (χ2n) is 10.6. The molecule has 3 aliphatic heterocycles. The van der Waals surface area contributed by atoms with Gasteiger partial charge in [0.05, 0.1) is 29.2 Å². The van der Waals surface area contributed by atoms with Gasteiger partial charge in [0.2, 0.25) is 17.7 Å². The fourth-order valence-electron chi connectivity index (χ4n) is 6.47. The van der Waals surface area contributed by atoms with E-state index >= 15 is 0 Å². The van der Waals surface area contributed by atoms with Crippen molar-refractivity contribution in [2.24, 2.45) is 17.8 Å². The lowest BCUT2D eigenvalue weighted by Crippen LogP contribution is -2.58. The van der Waals surface area contributed by atoms with Crippen LogP contribution in [-0.4, -0.2) is 61.2 Å². The zero-order valence-electron chi connectivity index (χ0n) is 21.5. The number of aliphatic hydroxyl groups excluding tert-OH is 1. The molecule has 3 N–H and O–H groups in total. The first-order chi connectivity index (χ1) is 18.3. The maximum absolute atomic E-state index is 14.3. The summed E-state index contributed by atoms with van der Waals surface area (Å²) in [5.74, 6) is -1.87. The number of nitrogens with one attached hydrogen (secondary N) is 2. The summed E-state index contributed by atoms with van der Waals surface area (Å²) < 4.78 is -0.754. The number of alkyl halides is 1. The lowest BCUT2D eigenvalue weighted by atomic mass is 9.70. The van der Waals surface area contributed by atoms with E-state index in [0.29, 0.717) is 18.7 Å². The van der Waals surface area contributed by atoms with Crippen LogP contribution in [0.2, 0.25) is 0 Å². The number of benzene rings is 2. The quantitative estimate of drug-likeness (QED) is 0.381. The van der Waals surface area contributed by atoms with Gasteiger partial charge in [-0.25, -0.2) is 0 Å². The SMILES string of the molecule is CC[C@H](C)[C@H](CO)N1C(=O)[C@@H]2[C@H](C(=O)Nc3ccccc3)[C@H]3SC2(CC3Br)C1C(=O)NCc1ccccc1. The van der Waals surface area contributed by atoms with Gasteiger partial charge in [-0.3, -0.25) is 14.4 Å². The summed E-state index contributed by atoms with van der Waals surface area (Å²) in [4.78, 5) is 43.6. The highest BCUT2D eigenvalue weighted by atomic mass is 79.9.